The van der Waals surface area contributed by atoms with Crippen LogP contribution >= 0.6 is 39.3 Å². The molecular weight excluding hydrogens is 508 g/mol. The molecule has 0 radical (unpaired) electrons. The molecule has 32 heavy (non-hydrogen) atoms. The number of hydrogen-bond donors (Lipinski definition) is 1. The number of carbonyl (C=O) groups is 2. The van der Waals surface area contributed by atoms with Crippen molar-refractivity contribution in [1.29, 1.82) is 0 Å². The van der Waals surface area contributed by atoms with E-state index in [4.69, 9.17) is 11.6 Å². The molecule has 1 aliphatic carbocycles. The van der Waals surface area contributed by atoms with Gasteiger partial charge in [-0.1, -0.05) is 71.1 Å². The monoisotopic (exact) mass is 536 g/mol. The molecule has 172 valence electrons. The molecule has 0 heterocycles. The molecule has 1 saturated carbocycles. The van der Waals surface area contributed by atoms with Crippen LogP contribution in [0.2, 0.25) is 5.02 Å². The molecule has 0 unspecified atom stereocenters. The van der Waals surface area contributed by atoms with Gasteiger partial charge in [0.2, 0.25) is 11.8 Å². The molecule has 2 aromatic carbocycles. The minimum absolute atomic E-state index is 0.0432. The van der Waals surface area contributed by atoms with Crippen molar-refractivity contribution < 1.29 is 9.59 Å². The Morgan fingerprint density at radius 1 is 1.12 bits per heavy atom. The van der Waals surface area contributed by atoms with E-state index in [0.29, 0.717) is 17.3 Å². The number of rotatable bonds is 9. The fraction of sp³-hybridized carbons (Fsp3) is 0.440. The quantitative estimate of drug-likeness (QED) is 0.414. The minimum atomic E-state index is -0.545. The summed E-state index contributed by atoms with van der Waals surface area (Å²) in [5.74, 6) is 0.938. The number of halogens is 2. The van der Waals surface area contributed by atoms with Crippen molar-refractivity contribution >= 4 is 51.1 Å². The van der Waals surface area contributed by atoms with Gasteiger partial charge in [-0.25, -0.2) is 0 Å². The molecule has 4 nitrogen and oxygen atoms in total. The van der Waals surface area contributed by atoms with Crippen LogP contribution in [-0.4, -0.2) is 34.6 Å². The van der Waals surface area contributed by atoms with Gasteiger partial charge in [0.05, 0.1) is 5.75 Å². The second-order valence-corrected chi connectivity index (χ2v) is 10.6. The summed E-state index contributed by atoms with van der Waals surface area (Å²) in [6, 6.07) is 15.2. The average molecular weight is 538 g/mol. The summed E-state index contributed by atoms with van der Waals surface area (Å²) < 4.78 is 1.04. The Hall–Kier alpha value is -1.50. The molecule has 2 amide bonds. The highest BCUT2D eigenvalue weighted by Crippen LogP contribution is 2.21. The lowest BCUT2D eigenvalue weighted by Crippen LogP contribution is -2.50. The first-order valence-electron chi connectivity index (χ1n) is 11.1. The van der Waals surface area contributed by atoms with E-state index in [2.05, 4.69) is 21.2 Å². The first-order valence-corrected chi connectivity index (χ1v) is 13.4. The normalized spacial score (nSPS) is 15.2. The van der Waals surface area contributed by atoms with Crippen LogP contribution in [0.3, 0.4) is 0 Å². The lowest BCUT2D eigenvalue weighted by molar-refractivity contribution is -0.139. The number of carbonyl (C=O) groups excluding carboxylic acids is 2. The van der Waals surface area contributed by atoms with Crippen LogP contribution in [0.5, 0.6) is 0 Å². The van der Waals surface area contributed by atoms with Crippen LogP contribution in [0.1, 0.15) is 50.2 Å². The maximum absolute atomic E-state index is 13.2. The first kappa shape index (κ1) is 25.1. The van der Waals surface area contributed by atoms with Gasteiger partial charge in [-0.3, -0.25) is 9.59 Å². The van der Waals surface area contributed by atoms with Crippen molar-refractivity contribution in [2.24, 2.45) is 0 Å². The summed E-state index contributed by atoms with van der Waals surface area (Å²) in [5.41, 5.74) is 2.08. The third kappa shape index (κ3) is 7.82. The summed E-state index contributed by atoms with van der Waals surface area (Å²) >= 11 is 11.2. The highest BCUT2D eigenvalue weighted by Gasteiger charge is 2.28. The van der Waals surface area contributed by atoms with Gasteiger partial charge in [0.15, 0.2) is 0 Å². The van der Waals surface area contributed by atoms with E-state index in [1.54, 1.807) is 16.7 Å². The van der Waals surface area contributed by atoms with Crippen molar-refractivity contribution in [3.63, 3.8) is 0 Å². The second kappa shape index (κ2) is 12.7. The van der Waals surface area contributed by atoms with Crippen LogP contribution < -0.4 is 5.32 Å². The Morgan fingerprint density at radius 2 is 1.84 bits per heavy atom. The molecule has 2 aromatic rings. The highest BCUT2D eigenvalue weighted by atomic mass is 79.9. The van der Waals surface area contributed by atoms with E-state index in [1.807, 2.05) is 55.5 Å². The van der Waals surface area contributed by atoms with Crippen molar-refractivity contribution in [3.8, 4) is 0 Å². The van der Waals surface area contributed by atoms with E-state index in [1.165, 1.54) is 6.42 Å². The molecule has 0 aromatic heterocycles. The van der Waals surface area contributed by atoms with Crippen LogP contribution in [-0.2, 0) is 21.9 Å². The summed E-state index contributed by atoms with van der Waals surface area (Å²) in [6.07, 6.45) is 5.57. The Kier molecular flexibility index (Phi) is 9.94. The van der Waals surface area contributed by atoms with E-state index < -0.39 is 6.04 Å². The van der Waals surface area contributed by atoms with E-state index in [9.17, 15) is 9.59 Å². The van der Waals surface area contributed by atoms with Gasteiger partial charge in [0.25, 0.3) is 0 Å². The van der Waals surface area contributed by atoms with E-state index >= 15 is 0 Å². The number of amides is 2. The zero-order valence-electron chi connectivity index (χ0n) is 18.4. The molecule has 1 N–H and O–H groups in total. The minimum Gasteiger partial charge on any atom is -0.352 e. The fourth-order valence-electron chi connectivity index (χ4n) is 3.90. The number of thioether (sulfide) groups is 1. The van der Waals surface area contributed by atoms with Crippen molar-refractivity contribution in [1.82, 2.24) is 10.2 Å². The Bertz CT molecular complexity index is 903. The average Bonchev–Trinajstić information content (AvgIpc) is 2.79. The lowest BCUT2D eigenvalue weighted by atomic mass is 9.95. The molecule has 1 fully saturated rings. The first-order chi connectivity index (χ1) is 15.4. The van der Waals surface area contributed by atoms with Gasteiger partial charge in [-0.05, 0) is 55.2 Å². The molecule has 0 aliphatic heterocycles. The Labute approximate surface area is 208 Å². The number of nitrogens with zero attached hydrogens (tertiary/aromatic N) is 1. The topological polar surface area (TPSA) is 49.4 Å². The number of benzene rings is 2. The number of nitrogens with one attached hydrogen (secondary N) is 1. The smallest absolute Gasteiger partial charge is 0.242 e. The fourth-order valence-corrected chi connectivity index (χ4v) is 5.25. The molecular formula is C25H30BrClN2O2S. The zero-order chi connectivity index (χ0) is 22.9. The summed E-state index contributed by atoms with van der Waals surface area (Å²) in [7, 11) is 0. The van der Waals surface area contributed by atoms with Gasteiger partial charge in [0, 0.05) is 27.8 Å². The third-order valence-corrected chi connectivity index (χ3v) is 7.52. The molecule has 0 spiro atoms. The maximum Gasteiger partial charge on any atom is 0.242 e. The lowest BCUT2D eigenvalue weighted by Gasteiger charge is -2.31. The Balaban J connectivity index is 1.64. The summed E-state index contributed by atoms with van der Waals surface area (Å²) in [4.78, 5) is 27.9. The van der Waals surface area contributed by atoms with Crippen molar-refractivity contribution in [3.05, 3.63) is 69.2 Å². The Morgan fingerprint density at radius 3 is 2.53 bits per heavy atom. The van der Waals surface area contributed by atoms with Crippen LogP contribution in [0.25, 0.3) is 0 Å². The van der Waals surface area contributed by atoms with Gasteiger partial charge >= 0.3 is 0 Å². The number of hydrogen-bond acceptors (Lipinski definition) is 3. The molecule has 0 bridgehead atoms. The summed E-state index contributed by atoms with van der Waals surface area (Å²) in [6.45, 7) is 2.18. The van der Waals surface area contributed by atoms with Crippen LogP contribution in [0.4, 0.5) is 0 Å². The molecule has 3 rings (SSSR count). The standard InChI is InChI=1S/C25H30BrClN2O2S/c1-18(25(31)28-23-8-3-2-4-9-23)29(15-20-6-5-7-22(27)14-20)24(30)17-32-16-19-10-12-21(26)13-11-19/h5-7,10-14,18,23H,2-4,8-9,15-17H2,1H3,(H,28,31)/t18-/m0/s1. The SMILES string of the molecule is C[C@@H](C(=O)NC1CCCCC1)N(Cc1cccc(Cl)c1)C(=O)CSCc1ccc(Br)cc1. The molecule has 7 heteroatoms. The predicted octanol–water partition coefficient (Wildman–Crippen LogP) is 6.20. The van der Waals surface area contributed by atoms with E-state index in [-0.39, 0.29) is 17.9 Å². The van der Waals surface area contributed by atoms with Crippen molar-refractivity contribution in [2.45, 2.75) is 63.4 Å². The van der Waals surface area contributed by atoms with Gasteiger partial charge in [-0.2, -0.15) is 0 Å². The van der Waals surface area contributed by atoms with Gasteiger partial charge in [0.1, 0.15) is 6.04 Å². The molecule has 0 saturated heterocycles. The highest BCUT2D eigenvalue weighted by molar-refractivity contribution is 9.10. The van der Waals surface area contributed by atoms with Crippen LogP contribution in [0.15, 0.2) is 53.0 Å². The predicted molar refractivity (Wildman–Crippen MR) is 137 cm³/mol. The third-order valence-electron chi connectivity index (χ3n) is 5.77. The van der Waals surface area contributed by atoms with Gasteiger partial charge in [-0.15, -0.1) is 11.8 Å². The van der Waals surface area contributed by atoms with Crippen LogP contribution in [0, 0.1) is 0 Å². The van der Waals surface area contributed by atoms with E-state index in [0.717, 1.165) is 47.0 Å². The van der Waals surface area contributed by atoms with Crippen molar-refractivity contribution in [2.75, 3.05) is 5.75 Å². The maximum atomic E-state index is 13.2. The zero-order valence-corrected chi connectivity index (χ0v) is 21.5. The van der Waals surface area contributed by atoms with Gasteiger partial charge < -0.3 is 10.2 Å². The summed E-state index contributed by atoms with van der Waals surface area (Å²) in [5, 5.41) is 3.79. The molecule has 1 aliphatic rings. The molecule has 1 atom stereocenters. The largest absolute Gasteiger partial charge is 0.352 e. The second-order valence-electron chi connectivity index (χ2n) is 8.29.